The highest BCUT2D eigenvalue weighted by Gasteiger charge is 2.28. The molecule has 2 aliphatic rings. The van der Waals surface area contributed by atoms with E-state index in [9.17, 15) is 0 Å². The molecule has 0 fully saturated rings. The molecule has 20 heavy (non-hydrogen) atoms. The molecular weight excluding hydrogens is 240 g/mol. The molecule has 0 bridgehead atoms. The highest BCUT2D eigenvalue weighted by atomic mass is 14.3. The van der Waals surface area contributed by atoms with Crippen molar-refractivity contribution in [2.45, 2.75) is 50.9 Å². The Morgan fingerprint density at radius 1 is 0.850 bits per heavy atom. The van der Waals surface area contributed by atoms with E-state index in [4.69, 9.17) is 0 Å². The molecule has 0 N–H and O–H groups in total. The molecule has 1 atom stereocenters. The monoisotopic (exact) mass is 262 g/mol. The zero-order valence-corrected chi connectivity index (χ0v) is 12.1. The standard InChI is InChI=1S/C20H22/c1-2-5-15(6-3-1)9-10-17-13-14-18-12-11-16-7-4-8-19(16)20(17)18/h1-3,5-6,11-12,17H,4,7-10,13-14H2. The molecule has 2 aromatic rings. The van der Waals surface area contributed by atoms with Gasteiger partial charge >= 0.3 is 0 Å². The van der Waals surface area contributed by atoms with Gasteiger partial charge in [-0.2, -0.15) is 0 Å². The molecule has 0 aliphatic heterocycles. The Labute approximate surface area is 121 Å². The smallest absolute Gasteiger partial charge is 0.0150 e. The summed E-state index contributed by atoms with van der Waals surface area (Å²) in [6, 6.07) is 15.8. The third-order valence-corrected chi connectivity index (χ3v) is 5.21. The predicted molar refractivity (Wildman–Crippen MR) is 84.3 cm³/mol. The van der Waals surface area contributed by atoms with Crippen LogP contribution in [0.15, 0.2) is 42.5 Å². The van der Waals surface area contributed by atoms with Crippen LogP contribution in [0.3, 0.4) is 0 Å². The van der Waals surface area contributed by atoms with Gasteiger partial charge in [0.25, 0.3) is 0 Å². The average Bonchev–Trinajstić information content (AvgIpc) is 3.12. The fourth-order valence-electron chi connectivity index (χ4n) is 4.22. The fraction of sp³-hybridized carbons (Fsp3) is 0.400. The van der Waals surface area contributed by atoms with Gasteiger partial charge in [-0.25, -0.2) is 0 Å². The van der Waals surface area contributed by atoms with Gasteiger partial charge in [-0.15, -0.1) is 0 Å². The Morgan fingerprint density at radius 3 is 2.60 bits per heavy atom. The third-order valence-electron chi connectivity index (χ3n) is 5.21. The van der Waals surface area contributed by atoms with Crippen molar-refractivity contribution in [3.05, 3.63) is 70.3 Å². The SMILES string of the molecule is c1ccc(CCC2CCc3ccc4c(c32)CCC4)cc1. The Kier molecular flexibility index (Phi) is 3.10. The molecule has 0 aromatic heterocycles. The average molecular weight is 262 g/mol. The second-order valence-electron chi connectivity index (χ2n) is 6.39. The Balaban J connectivity index is 1.57. The van der Waals surface area contributed by atoms with Crippen LogP contribution in [0, 0.1) is 0 Å². The van der Waals surface area contributed by atoms with E-state index in [1.807, 2.05) is 0 Å². The summed E-state index contributed by atoms with van der Waals surface area (Å²) in [4.78, 5) is 0. The zero-order valence-electron chi connectivity index (χ0n) is 12.1. The maximum atomic E-state index is 2.42. The normalized spacial score (nSPS) is 19.9. The summed E-state index contributed by atoms with van der Waals surface area (Å²) in [5.41, 5.74) is 8.29. The van der Waals surface area contributed by atoms with Crippen molar-refractivity contribution in [1.29, 1.82) is 0 Å². The van der Waals surface area contributed by atoms with Gasteiger partial charge in [0, 0.05) is 0 Å². The molecule has 0 heteroatoms. The largest absolute Gasteiger partial charge is 0.0622 e. The minimum Gasteiger partial charge on any atom is -0.0622 e. The van der Waals surface area contributed by atoms with Gasteiger partial charge < -0.3 is 0 Å². The number of benzene rings is 2. The number of hydrogen-bond donors (Lipinski definition) is 0. The summed E-state index contributed by atoms with van der Waals surface area (Å²) in [6.45, 7) is 0. The van der Waals surface area contributed by atoms with E-state index in [1.54, 1.807) is 22.3 Å². The molecule has 0 saturated carbocycles. The minimum absolute atomic E-state index is 0.818. The molecule has 0 spiro atoms. The van der Waals surface area contributed by atoms with Gasteiger partial charge in [-0.3, -0.25) is 0 Å². The molecule has 0 radical (unpaired) electrons. The van der Waals surface area contributed by atoms with E-state index in [-0.39, 0.29) is 0 Å². The van der Waals surface area contributed by atoms with Crippen LogP contribution < -0.4 is 0 Å². The summed E-state index contributed by atoms with van der Waals surface area (Å²) in [5, 5.41) is 0. The van der Waals surface area contributed by atoms with Crippen molar-refractivity contribution in [1.82, 2.24) is 0 Å². The number of hydrogen-bond acceptors (Lipinski definition) is 0. The third kappa shape index (κ3) is 2.08. The molecule has 0 heterocycles. The van der Waals surface area contributed by atoms with E-state index in [2.05, 4.69) is 42.5 Å². The van der Waals surface area contributed by atoms with E-state index in [1.165, 1.54) is 50.5 Å². The van der Waals surface area contributed by atoms with Crippen LogP contribution in [0.2, 0.25) is 0 Å². The van der Waals surface area contributed by atoms with Crippen LogP contribution in [0.5, 0.6) is 0 Å². The van der Waals surface area contributed by atoms with Crippen molar-refractivity contribution in [2.24, 2.45) is 0 Å². The van der Waals surface area contributed by atoms with Crippen LogP contribution in [0.4, 0.5) is 0 Å². The molecule has 1 unspecified atom stereocenters. The summed E-state index contributed by atoms with van der Waals surface area (Å²) >= 11 is 0. The Hall–Kier alpha value is -1.56. The number of rotatable bonds is 3. The van der Waals surface area contributed by atoms with Gasteiger partial charge in [0.1, 0.15) is 0 Å². The van der Waals surface area contributed by atoms with Crippen molar-refractivity contribution >= 4 is 0 Å². The zero-order chi connectivity index (χ0) is 13.4. The van der Waals surface area contributed by atoms with Crippen LogP contribution >= 0.6 is 0 Å². The summed E-state index contributed by atoms with van der Waals surface area (Å²) < 4.78 is 0. The van der Waals surface area contributed by atoms with Crippen molar-refractivity contribution in [2.75, 3.05) is 0 Å². The van der Waals surface area contributed by atoms with E-state index < -0.39 is 0 Å². The molecule has 4 rings (SSSR count). The Bertz CT molecular complexity index is 609. The van der Waals surface area contributed by atoms with E-state index >= 15 is 0 Å². The van der Waals surface area contributed by atoms with E-state index in [0.29, 0.717) is 0 Å². The summed E-state index contributed by atoms with van der Waals surface area (Å²) in [7, 11) is 0. The van der Waals surface area contributed by atoms with Crippen LogP contribution in [0.25, 0.3) is 0 Å². The topological polar surface area (TPSA) is 0 Å². The maximum Gasteiger partial charge on any atom is -0.0150 e. The Morgan fingerprint density at radius 2 is 1.70 bits per heavy atom. The van der Waals surface area contributed by atoms with Crippen molar-refractivity contribution in [3.8, 4) is 0 Å². The molecule has 2 aromatic carbocycles. The first kappa shape index (κ1) is 12.2. The first-order valence-electron chi connectivity index (χ1n) is 8.09. The maximum absolute atomic E-state index is 2.42. The minimum atomic E-state index is 0.818. The van der Waals surface area contributed by atoms with Gasteiger partial charge in [-0.05, 0) is 78.7 Å². The molecule has 0 amide bonds. The quantitative estimate of drug-likeness (QED) is 0.742. The summed E-state index contributed by atoms with van der Waals surface area (Å²) in [5.74, 6) is 0.818. The van der Waals surface area contributed by atoms with E-state index in [0.717, 1.165) is 5.92 Å². The van der Waals surface area contributed by atoms with Gasteiger partial charge in [0.15, 0.2) is 0 Å². The van der Waals surface area contributed by atoms with Crippen molar-refractivity contribution < 1.29 is 0 Å². The first-order valence-corrected chi connectivity index (χ1v) is 8.09. The van der Waals surface area contributed by atoms with Crippen LogP contribution in [-0.2, 0) is 25.7 Å². The second-order valence-corrected chi connectivity index (χ2v) is 6.39. The molecule has 2 aliphatic carbocycles. The first-order chi connectivity index (χ1) is 9.92. The van der Waals surface area contributed by atoms with Gasteiger partial charge in [0.05, 0.1) is 0 Å². The predicted octanol–water partition coefficient (Wildman–Crippen LogP) is 4.84. The molecular formula is C20H22. The highest BCUT2D eigenvalue weighted by Crippen LogP contribution is 2.42. The molecule has 0 nitrogen and oxygen atoms in total. The number of aryl methyl sites for hydroxylation is 3. The van der Waals surface area contributed by atoms with Crippen LogP contribution in [-0.4, -0.2) is 0 Å². The van der Waals surface area contributed by atoms with Gasteiger partial charge in [0.2, 0.25) is 0 Å². The number of fused-ring (bicyclic) bond motifs is 3. The lowest BCUT2D eigenvalue weighted by atomic mass is 9.89. The lowest BCUT2D eigenvalue weighted by molar-refractivity contribution is 0.615. The molecule has 102 valence electrons. The second kappa shape index (κ2) is 5.09. The lowest BCUT2D eigenvalue weighted by Gasteiger charge is -2.16. The highest BCUT2D eigenvalue weighted by molar-refractivity contribution is 5.48. The fourth-order valence-corrected chi connectivity index (χ4v) is 4.22. The lowest BCUT2D eigenvalue weighted by Crippen LogP contribution is -2.01. The van der Waals surface area contributed by atoms with Crippen molar-refractivity contribution in [3.63, 3.8) is 0 Å². The summed E-state index contributed by atoms with van der Waals surface area (Å²) in [6.07, 6.45) is 9.26. The van der Waals surface area contributed by atoms with Crippen LogP contribution in [0.1, 0.15) is 53.0 Å². The van der Waals surface area contributed by atoms with Gasteiger partial charge in [-0.1, -0.05) is 42.5 Å². The molecule has 0 saturated heterocycles.